The molecule has 41 heavy (non-hydrogen) atoms. The van der Waals surface area contributed by atoms with Crippen molar-refractivity contribution in [1.29, 1.82) is 0 Å². The van der Waals surface area contributed by atoms with Gasteiger partial charge < -0.3 is 20.1 Å². The normalized spacial score (nSPS) is 11.6. The minimum atomic E-state index is -1.17. The molecule has 4 rings (SSSR count). The number of aromatic carboxylic acids is 1. The maximum Gasteiger partial charge on any atom is 0.339 e. The lowest BCUT2D eigenvalue weighted by molar-refractivity contribution is -0.384. The number of aromatic nitrogens is 2. The topological polar surface area (TPSA) is 147 Å². The van der Waals surface area contributed by atoms with E-state index in [2.05, 4.69) is 15.3 Å². The zero-order valence-corrected chi connectivity index (χ0v) is 23.1. The van der Waals surface area contributed by atoms with Crippen molar-refractivity contribution < 1.29 is 24.4 Å². The van der Waals surface area contributed by atoms with Gasteiger partial charge in [-0.15, -0.1) is 0 Å². The van der Waals surface area contributed by atoms with Gasteiger partial charge in [0.1, 0.15) is 17.1 Å². The second-order valence-corrected chi connectivity index (χ2v) is 9.86. The zero-order valence-electron chi connectivity index (χ0n) is 22.3. The molecule has 0 aliphatic heterocycles. The Hall–Kier alpha value is -4.70. The molecule has 11 heteroatoms. The number of aromatic amines is 1. The van der Waals surface area contributed by atoms with Crippen molar-refractivity contribution in [2.45, 2.75) is 38.6 Å². The lowest BCUT2D eigenvalue weighted by Crippen LogP contribution is -2.31. The molecule has 0 radical (unpaired) electrons. The summed E-state index contributed by atoms with van der Waals surface area (Å²) in [6.45, 7) is 2.38. The van der Waals surface area contributed by atoms with E-state index < -0.39 is 16.9 Å². The third-order valence-electron chi connectivity index (χ3n) is 6.48. The summed E-state index contributed by atoms with van der Waals surface area (Å²) in [4.78, 5) is 43.8. The Bertz CT molecular complexity index is 1520. The van der Waals surface area contributed by atoms with E-state index in [4.69, 9.17) is 16.3 Å². The summed E-state index contributed by atoms with van der Waals surface area (Å²) in [6.07, 6.45) is 5.05. The van der Waals surface area contributed by atoms with Gasteiger partial charge in [0, 0.05) is 35.1 Å². The number of benzene rings is 3. The lowest BCUT2D eigenvalue weighted by atomic mass is 9.93. The van der Waals surface area contributed by atoms with Crippen molar-refractivity contribution in [3.05, 3.63) is 110 Å². The fourth-order valence-electron chi connectivity index (χ4n) is 4.40. The summed E-state index contributed by atoms with van der Waals surface area (Å²) in [5.41, 5.74) is 2.25. The first-order valence-corrected chi connectivity index (χ1v) is 13.4. The first-order valence-electron chi connectivity index (χ1n) is 13.1. The van der Waals surface area contributed by atoms with E-state index in [0.29, 0.717) is 34.1 Å². The second kappa shape index (κ2) is 13.6. The Morgan fingerprint density at radius 1 is 1.15 bits per heavy atom. The summed E-state index contributed by atoms with van der Waals surface area (Å²) in [5.74, 6) is -0.752. The molecule has 1 atom stereocenters. The average Bonchev–Trinajstić information content (AvgIpc) is 3.49. The molecular formula is C30H29ClN4O6. The van der Waals surface area contributed by atoms with Crippen LogP contribution < -0.4 is 10.1 Å². The number of carboxylic acids is 1. The number of nitrogens with one attached hydrogen (secondary N) is 2. The number of amides is 1. The Labute approximate surface area is 241 Å². The molecule has 0 spiro atoms. The molecule has 0 saturated heterocycles. The van der Waals surface area contributed by atoms with E-state index in [9.17, 15) is 24.8 Å². The number of unbranched alkanes of at least 4 members (excludes halogenated alkanes) is 1. The van der Waals surface area contributed by atoms with Crippen LogP contribution in [0.15, 0.2) is 73.1 Å². The minimum Gasteiger partial charge on any atom is -0.493 e. The molecule has 0 bridgehead atoms. The highest BCUT2D eigenvalue weighted by Crippen LogP contribution is 2.31. The van der Waals surface area contributed by atoms with E-state index in [0.717, 1.165) is 18.4 Å². The van der Waals surface area contributed by atoms with Crippen molar-refractivity contribution in [2.24, 2.45) is 0 Å². The van der Waals surface area contributed by atoms with Crippen LogP contribution in [0.5, 0.6) is 5.75 Å². The molecule has 0 aliphatic carbocycles. The van der Waals surface area contributed by atoms with Gasteiger partial charge in [0.25, 0.3) is 5.69 Å². The van der Waals surface area contributed by atoms with E-state index >= 15 is 0 Å². The number of halogens is 1. The number of nitro benzene ring substituents is 1. The summed E-state index contributed by atoms with van der Waals surface area (Å²) in [6, 6.07) is 15.3. The van der Waals surface area contributed by atoms with Gasteiger partial charge in [0.2, 0.25) is 5.91 Å². The van der Waals surface area contributed by atoms with Gasteiger partial charge >= 0.3 is 5.97 Å². The third-order valence-corrected chi connectivity index (χ3v) is 6.73. The summed E-state index contributed by atoms with van der Waals surface area (Å²) in [5, 5.41) is 25.1. The molecule has 0 aliphatic rings. The fraction of sp³-hybridized carbons (Fsp3) is 0.233. The Kier molecular flexibility index (Phi) is 9.70. The number of ether oxygens (including phenoxy) is 1. The predicted octanol–water partition coefficient (Wildman–Crippen LogP) is 6.16. The minimum absolute atomic E-state index is 0.0409. The van der Waals surface area contributed by atoms with E-state index in [1.165, 1.54) is 18.2 Å². The van der Waals surface area contributed by atoms with Crippen LogP contribution in [-0.4, -0.2) is 38.5 Å². The highest BCUT2D eigenvalue weighted by Gasteiger charge is 2.23. The summed E-state index contributed by atoms with van der Waals surface area (Å²) >= 11 is 5.97. The number of carbonyl (C=O) groups is 2. The molecule has 1 aromatic heterocycles. The SMILES string of the molecule is CCCCOc1ccc(C(Cc2cc([N+](=O)[O-])ccc2-c2ncc[nH]2)NC(=O)Cc2ccc(Cl)cc2)cc1C(=O)O. The summed E-state index contributed by atoms with van der Waals surface area (Å²) < 4.78 is 5.71. The molecule has 10 nitrogen and oxygen atoms in total. The molecule has 3 aromatic carbocycles. The Balaban J connectivity index is 1.73. The number of imidazole rings is 1. The van der Waals surface area contributed by atoms with E-state index in [1.807, 2.05) is 6.92 Å². The van der Waals surface area contributed by atoms with Gasteiger partial charge in [-0.2, -0.15) is 0 Å². The van der Waals surface area contributed by atoms with Crippen molar-refractivity contribution in [3.8, 4) is 17.1 Å². The number of carbonyl (C=O) groups excluding carboxylic acids is 1. The predicted molar refractivity (Wildman–Crippen MR) is 154 cm³/mol. The molecule has 1 heterocycles. The van der Waals surface area contributed by atoms with Crippen molar-refractivity contribution >= 4 is 29.2 Å². The van der Waals surface area contributed by atoms with Crippen LogP contribution in [0.2, 0.25) is 5.02 Å². The van der Waals surface area contributed by atoms with Gasteiger partial charge in [-0.25, -0.2) is 9.78 Å². The first kappa shape index (κ1) is 29.3. The van der Waals surface area contributed by atoms with E-state index in [1.54, 1.807) is 54.9 Å². The summed E-state index contributed by atoms with van der Waals surface area (Å²) in [7, 11) is 0. The van der Waals surface area contributed by atoms with Crippen LogP contribution in [0.25, 0.3) is 11.4 Å². The molecule has 1 unspecified atom stereocenters. The molecule has 0 saturated carbocycles. The van der Waals surface area contributed by atoms with Crippen molar-refractivity contribution in [1.82, 2.24) is 15.3 Å². The molecule has 3 N–H and O–H groups in total. The Morgan fingerprint density at radius 2 is 1.93 bits per heavy atom. The first-order chi connectivity index (χ1) is 19.7. The zero-order chi connectivity index (χ0) is 29.4. The standard InChI is InChI=1S/C30H29ClN4O6/c1-2-3-14-41-27-11-6-20(17-25(27)30(37)38)26(34-28(36)15-19-4-7-22(31)8-5-19)18-21-16-23(35(39)40)9-10-24(21)29-32-12-13-33-29/h4-13,16-17,26H,2-3,14-15,18H2,1H3,(H,32,33)(H,34,36)(H,37,38). The smallest absolute Gasteiger partial charge is 0.339 e. The quantitative estimate of drug-likeness (QED) is 0.0980. The number of hydrogen-bond donors (Lipinski definition) is 3. The molecule has 1 amide bonds. The van der Waals surface area contributed by atoms with Crippen LogP contribution >= 0.6 is 11.6 Å². The lowest BCUT2D eigenvalue weighted by Gasteiger charge is -2.22. The van der Waals surface area contributed by atoms with Crippen LogP contribution in [0.4, 0.5) is 5.69 Å². The highest BCUT2D eigenvalue weighted by molar-refractivity contribution is 6.30. The van der Waals surface area contributed by atoms with Crippen LogP contribution in [0.3, 0.4) is 0 Å². The van der Waals surface area contributed by atoms with Crippen LogP contribution in [0, 0.1) is 10.1 Å². The number of H-pyrrole nitrogens is 1. The van der Waals surface area contributed by atoms with Crippen molar-refractivity contribution in [2.75, 3.05) is 6.61 Å². The molecule has 4 aromatic rings. The number of carboxylic acid groups (broad SMARTS) is 1. The highest BCUT2D eigenvalue weighted by atomic mass is 35.5. The van der Waals surface area contributed by atoms with Gasteiger partial charge in [-0.3, -0.25) is 14.9 Å². The van der Waals surface area contributed by atoms with Gasteiger partial charge in [-0.05, 0) is 59.9 Å². The van der Waals surface area contributed by atoms with Crippen molar-refractivity contribution in [3.63, 3.8) is 0 Å². The number of hydrogen-bond acceptors (Lipinski definition) is 6. The number of non-ortho nitro benzene ring substituents is 1. The van der Waals surface area contributed by atoms with Crippen LogP contribution in [-0.2, 0) is 17.6 Å². The fourth-order valence-corrected chi connectivity index (χ4v) is 4.52. The maximum absolute atomic E-state index is 13.2. The Morgan fingerprint density at radius 3 is 2.59 bits per heavy atom. The molecular weight excluding hydrogens is 548 g/mol. The maximum atomic E-state index is 13.2. The molecule has 0 fully saturated rings. The number of nitrogens with zero attached hydrogens (tertiary/aromatic N) is 2. The second-order valence-electron chi connectivity index (χ2n) is 9.43. The van der Waals surface area contributed by atoms with E-state index in [-0.39, 0.29) is 35.7 Å². The monoisotopic (exact) mass is 576 g/mol. The molecule has 212 valence electrons. The third kappa shape index (κ3) is 7.70. The van der Waals surface area contributed by atoms with Gasteiger partial charge in [0.15, 0.2) is 0 Å². The largest absolute Gasteiger partial charge is 0.493 e. The number of rotatable bonds is 13. The van der Waals surface area contributed by atoms with Gasteiger partial charge in [-0.1, -0.05) is 43.1 Å². The average molecular weight is 577 g/mol. The van der Waals surface area contributed by atoms with Crippen LogP contribution in [0.1, 0.15) is 52.9 Å². The van der Waals surface area contributed by atoms with Gasteiger partial charge in [0.05, 0.1) is 24.0 Å². The number of nitro groups is 1.